The van der Waals surface area contributed by atoms with Crippen LogP contribution < -0.4 is 0 Å². The molecule has 1 saturated heterocycles. The van der Waals surface area contributed by atoms with Gasteiger partial charge in [0.15, 0.2) is 5.79 Å². The molecule has 0 radical (unpaired) electrons. The molecule has 1 aromatic carbocycles. The highest BCUT2D eigenvalue weighted by molar-refractivity contribution is 5.14. The Morgan fingerprint density at radius 1 is 1.27 bits per heavy atom. The number of ether oxygens (including phenoxy) is 3. The minimum absolute atomic E-state index is 0.346. The van der Waals surface area contributed by atoms with E-state index in [0.29, 0.717) is 6.61 Å². The normalized spacial score (nSPS) is 35.9. The van der Waals surface area contributed by atoms with Crippen LogP contribution in [0.4, 0.5) is 0 Å². The number of hydrogen-bond acceptors (Lipinski definition) is 5. The van der Waals surface area contributed by atoms with E-state index in [-0.39, 0.29) is 0 Å². The molecule has 7 heteroatoms. The molecule has 7 nitrogen and oxygen atoms in total. The summed E-state index contributed by atoms with van der Waals surface area (Å²) in [5, 5.41) is 14.0. The molecule has 1 N–H and O–H groups in total. The Kier molecular flexibility index (Phi) is 4.08. The molecule has 1 heterocycles. The number of aliphatic hydroxyl groups is 1. The van der Waals surface area contributed by atoms with Crippen LogP contribution in [0.3, 0.4) is 0 Å². The Bertz CT molecular complexity index is 573. The summed E-state index contributed by atoms with van der Waals surface area (Å²) in [6.45, 7) is 3.93. The van der Waals surface area contributed by atoms with Crippen LogP contribution >= 0.6 is 0 Å². The maximum atomic E-state index is 10.4. The second-order valence-corrected chi connectivity index (χ2v) is 6.01. The van der Waals surface area contributed by atoms with Crippen molar-refractivity contribution in [1.29, 1.82) is 0 Å². The predicted octanol–water partition coefficient (Wildman–Crippen LogP) is 2.15. The van der Waals surface area contributed by atoms with Crippen molar-refractivity contribution in [3.05, 3.63) is 46.3 Å². The summed E-state index contributed by atoms with van der Waals surface area (Å²) in [7, 11) is 0. The molecule has 3 rings (SSSR count). The predicted molar refractivity (Wildman–Crippen MR) is 77.8 cm³/mol. The third-order valence-corrected chi connectivity index (χ3v) is 3.98. The lowest BCUT2D eigenvalue weighted by atomic mass is 10.2. The summed E-state index contributed by atoms with van der Waals surface area (Å²) < 4.78 is 17.4. The van der Waals surface area contributed by atoms with E-state index in [0.717, 1.165) is 5.56 Å². The minimum Gasteiger partial charge on any atom is -0.390 e. The summed E-state index contributed by atoms with van der Waals surface area (Å²) >= 11 is 0. The van der Waals surface area contributed by atoms with Crippen LogP contribution in [0.5, 0.6) is 0 Å². The molecule has 0 spiro atoms. The van der Waals surface area contributed by atoms with Gasteiger partial charge in [0, 0.05) is 4.91 Å². The maximum Gasteiger partial charge on any atom is 0.163 e. The Balaban J connectivity index is 1.76. The highest BCUT2D eigenvalue weighted by Crippen LogP contribution is 2.41. The third kappa shape index (κ3) is 2.82. The van der Waals surface area contributed by atoms with Crippen molar-refractivity contribution >= 4 is 0 Å². The fourth-order valence-electron chi connectivity index (χ4n) is 3.07. The number of fused-ring (bicyclic) bond motifs is 1. The van der Waals surface area contributed by atoms with E-state index >= 15 is 0 Å². The van der Waals surface area contributed by atoms with Crippen LogP contribution in [-0.4, -0.2) is 41.4 Å². The van der Waals surface area contributed by atoms with Gasteiger partial charge in [0.1, 0.15) is 18.3 Å². The molecule has 0 aromatic heterocycles. The van der Waals surface area contributed by atoms with Crippen molar-refractivity contribution in [2.75, 3.05) is 0 Å². The van der Waals surface area contributed by atoms with Crippen molar-refractivity contribution in [2.24, 2.45) is 5.11 Å². The zero-order chi connectivity index (χ0) is 15.7. The zero-order valence-electron chi connectivity index (χ0n) is 12.5. The van der Waals surface area contributed by atoms with Gasteiger partial charge in [-0.25, -0.2) is 0 Å². The Morgan fingerprint density at radius 3 is 2.64 bits per heavy atom. The van der Waals surface area contributed by atoms with Gasteiger partial charge in [0.2, 0.25) is 0 Å². The van der Waals surface area contributed by atoms with Crippen LogP contribution in [0.2, 0.25) is 0 Å². The van der Waals surface area contributed by atoms with E-state index in [1.165, 1.54) is 0 Å². The molecular weight excluding hydrogens is 286 g/mol. The Hall–Kier alpha value is -1.63. The van der Waals surface area contributed by atoms with Gasteiger partial charge in [-0.3, -0.25) is 0 Å². The molecule has 1 saturated carbocycles. The second kappa shape index (κ2) is 5.87. The lowest BCUT2D eigenvalue weighted by molar-refractivity contribution is -0.183. The lowest BCUT2D eigenvalue weighted by Gasteiger charge is -2.25. The Labute approximate surface area is 128 Å². The minimum atomic E-state index is -0.953. The van der Waals surface area contributed by atoms with Gasteiger partial charge in [0.05, 0.1) is 18.8 Å². The molecule has 0 amide bonds. The number of aliphatic hydroxyl groups excluding tert-OH is 1. The molecule has 2 aliphatic rings. The fraction of sp³-hybridized carbons (Fsp3) is 0.600. The van der Waals surface area contributed by atoms with Crippen molar-refractivity contribution < 1.29 is 19.3 Å². The van der Waals surface area contributed by atoms with Crippen molar-refractivity contribution in [3.63, 3.8) is 0 Å². The van der Waals surface area contributed by atoms with Crippen molar-refractivity contribution in [1.82, 2.24) is 0 Å². The average molecular weight is 305 g/mol. The van der Waals surface area contributed by atoms with E-state index in [2.05, 4.69) is 10.0 Å². The first-order chi connectivity index (χ1) is 10.5. The van der Waals surface area contributed by atoms with Crippen LogP contribution in [-0.2, 0) is 20.8 Å². The summed E-state index contributed by atoms with van der Waals surface area (Å²) in [4.78, 5) is 2.80. The molecule has 5 atom stereocenters. The van der Waals surface area contributed by atoms with E-state index in [9.17, 15) is 5.11 Å². The van der Waals surface area contributed by atoms with Gasteiger partial charge in [0.25, 0.3) is 0 Å². The number of azide groups is 1. The number of benzene rings is 1. The quantitative estimate of drug-likeness (QED) is 0.523. The van der Waals surface area contributed by atoms with Crippen LogP contribution in [0.25, 0.3) is 10.4 Å². The summed E-state index contributed by atoms with van der Waals surface area (Å²) in [6.07, 6.45) is -2.50. The molecule has 1 aliphatic heterocycles. The molecule has 2 fully saturated rings. The van der Waals surface area contributed by atoms with Gasteiger partial charge in [-0.05, 0) is 24.9 Å². The van der Waals surface area contributed by atoms with E-state index in [1.807, 2.05) is 30.3 Å². The maximum absolute atomic E-state index is 10.4. The molecule has 1 aromatic rings. The van der Waals surface area contributed by atoms with Gasteiger partial charge in [-0.1, -0.05) is 35.4 Å². The average Bonchev–Trinajstić information content (AvgIpc) is 2.91. The third-order valence-electron chi connectivity index (χ3n) is 3.98. The second-order valence-electron chi connectivity index (χ2n) is 6.01. The van der Waals surface area contributed by atoms with Gasteiger partial charge >= 0.3 is 0 Å². The monoisotopic (exact) mass is 305 g/mol. The number of nitrogens with zero attached hydrogens (tertiary/aromatic N) is 3. The standard InChI is InChI=1S/C15H19N3O4/c1-15(2)21-12-10(17-18-16)11(19)13(14(12)22-15)20-8-9-6-4-3-5-7-9/h3-7,10-14,19H,8H2,1-2H3/t10-,11-,12+,13+,14+/m1/s1. The number of hydrogen-bond donors (Lipinski definition) is 1. The lowest BCUT2D eigenvalue weighted by Crippen LogP contribution is -2.38. The van der Waals surface area contributed by atoms with Crippen LogP contribution in [0.15, 0.2) is 35.4 Å². The topological polar surface area (TPSA) is 96.7 Å². The van der Waals surface area contributed by atoms with E-state index < -0.39 is 36.2 Å². The summed E-state index contributed by atoms with van der Waals surface area (Å²) in [5.41, 5.74) is 9.70. The highest BCUT2D eigenvalue weighted by atomic mass is 16.8. The van der Waals surface area contributed by atoms with Crippen LogP contribution in [0, 0.1) is 0 Å². The molecule has 22 heavy (non-hydrogen) atoms. The molecule has 0 bridgehead atoms. The number of rotatable bonds is 4. The van der Waals surface area contributed by atoms with Crippen molar-refractivity contribution in [2.45, 2.75) is 56.7 Å². The molecule has 0 unspecified atom stereocenters. The largest absolute Gasteiger partial charge is 0.390 e. The van der Waals surface area contributed by atoms with Gasteiger partial charge < -0.3 is 19.3 Å². The fourth-order valence-corrected chi connectivity index (χ4v) is 3.07. The Morgan fingerprint density at radius 2 is 1.95 bits per heavy atom. The van der Waals surface area contributed by atoms with E-state index in [1.54, 1.807) is 13.8 Å². The van der Waals surface area contributed by atoms with Gasteiger partial charge in [-0.2, -0.15) is 0 Å². The van der Waals surface area contributed by atoms with Crippen molar-refractivity contribution in [3.8, 4) is 0 Å². The SMILES string of the molecule is CC1(C)O[C@@H]2[C@@H](OCc3ccccc3)[C@H](O)[C@@H](N=[N+]=[N-])[C@@H]2O1. The van der Waals surface area contributed by atoms with Crippen LogP contribution in [0.1, 0.15) is 19.4 Å². The molecular formula is C15H19N3O4. The molecule has 1 aliphatic carbocycles. The van der Waals surface area contributed by atoms with Gasteiger partial charge in [-0.15, -0.1) is 0 Å². The summed E-state index contributed by atoms with van der Waals surface area (Å²) in [5.74, 6) is -0.785. The first kappa shape index (κ1) is 15.3. The highest BCUT2D eigenvalue weighted by Gasteiger charge is 2.59. The first-order valence-electron chi connectivity index (χ1n) is 7.25. The summed E-state index contributed by atoms with van der Waals surface area (Å²) in [6, 6.07) is 8.95. The smallest absolute Gasteiger partial charge is 0.163 e. The molecule has 118 valence electrons. The first-order valence-corrected chi connectivity index (χ1v) is 7.25. The zero-order valence-corrected chi connectivity index (χ0v) is 12.5. The van der Waals surface area contributed by atoms with E-state index in [4.69, 9.17) is 19.7 Å².